The summed E-state index contributed by atoms with van der Waals surface area (Å²) in [4.78, 5) is 24.0. The zero-order valence-corrected chi connectivity index (χ0v) is 15.3. The van der Waals surface area contributed by atoms with Crippen molar-refractivity contribution in [1.29, 1.82) is 0 Å². The zero-order valence-electron chi connectivity index (χ0n) is 15.3. The van der Waals surface area contributed by atoms with Gasteiger partial charge in [0.2, 0.25) is 5.91 Å². The molecule has 27 heavy (non-hydrogen) atoms. The molecule has 2 aromatic rings. The van der Waals surface area contributed by atoms with E-state index in [0.717, 1.165) is 17.0 Å². The number of hydrazone groups is 1. The van der Waals surface area contributed by atoms with Crippen LogP contribution in [0.4, 0.5) is 0 Å². The highest BCUT2D eigenvalue weighted by atomic mass is 16.5. The lowest BCUT2D eigenvalue weighted by molar-refractivity contribution is -0.132. The summed E-state index contributed by atoms with van der Waals surface area (Å²) < 4.78 is 10.7. The van der Waals surface area contributed by atoms with Gasteiger partial charge in [-0.2, -0.15) is 5.10 Å². The van der Waals surface area contributed by atoms with Crippen molar-refractivity contribution >= 4 is 17.5 Å². The summed E-state index contributed by atoms with van der Waals surface area (Å²) >= 11 is 0. The smallest absolute Gasteiger partial charge is 0.257 e. The minimum absolute atomic E-state index is 0.00399. The van der Waals surface area contributed by atoms with E-state index < -0.39 is 0 Å². The molecule has 2 amide bonds. The molecule has 2 N–H and O–H groups in total. The van der Waals surface area contributed by atoms with Crippen molar-refractivity contribution in [2.75, 3.05) is 27.2 Å². The Morgan fingerprint density at radius 2 is 2.04 bits per heavy atom. The Hall–Kier alpha value is -3.13. The molecule has 8 nitrogen and oxygen atoms in total. The molecule has 0 bridgehead atoms. The van der Waals surface area contributed by atoms with Gasteiger partial charge in [0, 0.05) is 13.5 Å². The predicted octanol–water partition coefficient (Wildman–Crippen LogP) is 1.30. The fourth-order valence-corrected chi connectivity index (χ4v) is 2.85. The molecule has 1 aliphatic heterocycles. The molecule has 0 saturated heterocycles. The highest BCUT2D eigenvalue weighted by molar-refractivity contribution is 6.03. The van der Waals surface area contributed by atoms with E-state index in [9.17, 15) is 9.59 Å². The van der Waals surface area contributed by atoms with Crippen LogP contribution in [0.5, 0.6) is 5.75 Å². The van der Waals surface area contributed by atoms with Gasteiger partial charge in [-0.1, -0.05) is 0 Å². The number of rotatable bonds is 7. The van der Waals surface area contributed by atoms with Gasteiger partial charge in [-0.3, -0.25) is 14.9 Å². The van der Waals surface area contributed by atoms with Crippen molar-refractivity contribution in [3.05, 3.63) is 54.0 Å². The van der Waals surface area contributed by atoms with E-state index >= 15 is 0 Å². The van der Waals surface area contributed by atoms with E-state index in [1.165, 1.54) is 5.01 Å². The first-order valence-electron chi connectivity index (χ1n) is 8.61. The van der Waals surface area contributed by atoms with E-state index in [2.05, 4.69) is 15.7 Å². The third kappa shape index (κ3) is 4.35. The Morgan fingerprint density at radius 3 is 2.67 bits per heavy atom. The van der Waals surface area contributed by atoms with Crippen molar-refractivity contribution in [1.82, 2.24) is 15.6 Å². The highest BCUT2D eigenvalue weighted by Crippen LogP contribution is 2.33. The molecule has 0 fully saturated rings. The largest absolute Gasteiger partial charge is 0.497 e. The van der Waals surface area contributed by atoms with Gasteiger partial charge in [-0.15, -0.1) is 0 Å². The molecular formula is C19H22N4O4. The minimum atomic E-state index is -0.314. The Labute approximate surface area is 157 Å². The molecule has 3 rings (SSSR count). The average molecular weight is 370 g/mol. The molecule has 1 aromatic carbocycles. The van der Waals surface area contributed by atoms with Crippen LogP contribution in [0.2, 0.25) is 0 Å². The van der Waals surface area contributed by atoms with Crippen LogP contribution in [-0.2, 0) is 9.59 Å². The maximum absolute atomic E-state index is 12.7. The number of methoxy groups -OCH3 is 1. The molecule has 8 heteroatoms. The van der Waals surface area contributed by atoms with E-state index in [-0.39, 0.29) is 30.9 Å². The van der Waals surface area contributed by atoms with Crippen LogP contribution in [-0.4, -0.2) is 49.8 Å². The number of amides is 2. The fraction of sp³-hybridized carbons (Fsp3) is 0.316. The molecule has 0 aliphatic carbocycles. The SMILES string of the molecule is CNC(=O)CNCC(=O)N1N=C(c2ccc(OC)cc2)C[C@H]1c1ccco1. The maximum Gasteiger partial charge on any atom is 0.257 e. The molecule has 1 atom stereocenters. The van der Waals surface area contributed by atoms with E-state index in [1.54, 1.807) is 26.5 Å². The lowest BCUT2D eigenvalue weighted by atomic mass is 10.0. The number of nitrogens with zero attached hydrogens (tertiary/aromatic N) is 2. The van der Waals surface area contributed by atoms with Crippen molar-refractivity contribution in [2.24, 2.45) is 5.10 Å². The minimum Gasteiger partial charge on any atom is -0.497 e. The van der Waals surface area contributed by atoms with Crippen LogP contribution in [0.25, 0.3) is 0 Å². The lowest BCUT2D eigenvalue weighted by Crippen LogP contribution is -2.39. The van der Waals surface area contributed by atoms with Gasteiger partial charge >= 0.3 is 0 Å². The Morgan fingerprint density at radius 1 is 1.26 bits per heavy atom. The molecule has 0 radical (unpaired) electrons. The second-order valence-corrected chi connectivity index (χ2v) is 6.03. The topological polar surface area (TPSA) is 96.2 Å². The van der Waals surface area contributed by atoms with Gasteiger partial charge in [0.25, 0.3) is 5.91 Å². The Kier molecular flexibility index (Phi) is 5.87. The molecular weight excluding hydrogens is 348 g/mol. The monoisotopic (exact) mass is 370 g/mol. The second-order valence-electron chi connectivity index (χ2n) is 6.03. The number of furan rings is 1. The number of benzene rings is 1. The number of hydrogen-bond acceptors (Lipinski definition) is 6. The highest BCUT2D eigenvalue weighted by Gasteiger charge is 2.34. The number of hydrogen-bond donors (Lipinski definition) is 2. The molecule has 0 unspecified atom stereocenters. The van der Waals surface area contributed by atoms with E-state index in [1.807, 2.05) is 30.3 Å². The standard InChI is InChI=1S/C19H22N4O4/c1-20-18(24)11-21-12-19(25)23-16(17-4-3-9-27-17)10-15(22-23)13-5-7-14(26-2)8-6-13/h3-9,16,21H,10-12H2,1-2H3,(H,20,24)/t16-/m0/s1. The summed E-state index contributed by atoms with van der Waals surface area (Å²) in [5.74, 6) is 1.01. The molecule has 1 aliphatic rings. The second kappa shape index (κ2) is 8.50. The van der Waals surface area contributed by atoms with Gasteiger partial charge in [0.05, 0.1) is 32.2 Å². The maximum atomic E-state index is 12.7. The zero-order chi connectivity index (χ0) is 19.2. The van der Waals surface area contributed by atoms with Crippen LogP contribution >= 0.6 is 0 Å². The van der Waals surface area contributed by atoms with Crippen molar-refractivity contribution in [2.45, 2.75) is 12.5 Å². The van der Waals surface area contributed by atoms with Gasteiger partial charge in [0.1, 0.15) is 17.6 Å². The summed E-state index contributed by atoms with van der Waals surface area (Å²) in [6.07, 6.45) is 2.12. The number of carbonyl (C=O) groups excluding carboxylic acids is 2. The van der Waals surface area contributed by atoms with E-state index in [4.69, 9.17) is 9.15 Å². The number of carbonyl (C=O) groups is 2. The summed E-state index contributed by atoms with van der Waals surface area (Å²) in [5, 5.41) is 11.3. The Balaban J connectivity index is 1.77. The first-order chi connectivity index (χ1) is 13.1. The molecule has 0 spiro atoms. The van der Waals surface area contributed by atoms with Crippen LogP contribution in [0.15, 0.2) is 52.2 Å². The summed E-state index contributed by atoms with van der Waals surface area (Å²) in [6.45, 7) is 0.0700. The first-order valence-corrected chi connectivity index (χ1v) is 8.61. The summed E-state index contributed by atoms with van der Waals surface area (Å²) in [6, 6.07) is 10.8. The fourth-order valence-electron chi connectivity index (χ4n) is 2.85. The first kappa shape index (κ1) is 18.7. The Bertz CT molecular complexity index is 815. The van der Waals surface area contributed by atoms with Gasteiger partial charge in [-0.05, 0) is 42.0 Å². The number of likely N-dealkylation sites (N-methyl/N-ethyl adjacent to an activating group) is 1. The molecule has 0 saturated carbocycles. The van der Waals surface area contributed by atoms with Gasteiger partial charge in [0.15, 0.2) is 0 Å². The third-order valence-corrected chi connectivity index (χ3v) is 4.30. The van der Waals surface area contributed by atoms with Crippen molar-refractivity contribution in [3.8, 4) is 5.75 Å². The van der Waals surface area contributed by atoms with Crippen LogP contribution in [0, 0.1) is 0 Å². The van der Waals surface area contributed by atoms with Crippen molar-refractivity contribution in [3.63, 3.8) is 0 Å². The van der Waals surface area contributed by atoms with Crippen LogP contribution in [0.1, 0.15) is 23.8 Å². The average Bonchev–Trinajstić information content (AvgIpc) is 3.37. The van der Waals surface area contributed by atoms with Crippen LogP contribution < -0.4 is 15.4 Å². The summed E-state index contributed by atoms with van der Waals surface area (Å²) in [5.41, 5.74) is 1.71. The number of nitrogens with one attached hydrogen (secondary N) is 2. The normalized spacial score (nSPS) is 16.1. The lowest BCUT2D eigenvalue weighted by Gasteiger charge is -2.20. The van der Waals surface area contributed by atoms with E-state index in [0.29, 0.717) is 12.2 Å². The predicted molar refractivity (Wildman–Crippen MR) is 99.4 cm³/mol. The quantitative estimate of drug-likeness (QED) is 0.766. The van der Waals surface area contributed by atoms with Gasteiger partial charge in [-0.25, -0.2) is 5.01 Å². The summed E-state index contributed by atoms with van der Waals surface area (Å²) in [7, 11) is 3.16. The molecule has 1 aromatic heterocycles. The number of ether oxygens (including phenoxy) is 1. The van der Waals surface area contributed by atoms with Crippen molar-refractivity contribution < 1.29 is 18.7 Å². The van der Waals surface area contributed by atoms with Gasteiger partial charge < -0.3 is 14.5 Å². The molecule has 2 heterocycles. The van der Waals surface area contributed by atoms with Crippen LogP contribution in [0.3, 0.4) is 0 Å². The molecule has 142 valence electrons. The third-order valence-electron chi connectivity index (χ3n) is 4.30.